The van der Waals surface area contributed by atoms with E-state index in [9.17, 15) is 4.79 Å². The number of nitrogens with zero attached hydrogens (tertiary/aromatic N) is 3. The van der Waals surface area contributed by atoms with Crippen molar-refractivity contribution >= 4 is 5.91 Å². The van der Waals surface area contributed by atoms with E-state index < -0.39 is 0 Å². The number of amides is 1. The molecule has 0 spiro atoms. The van der Waals surface area contributed by atoms with Crippen LogP contribution in [0.2, 0.25) is 0 Å². The summed E-state index contributed by atoms with van der Waals surface area (Å²) in [5.41, 5.74) is 1.78. The lowest BCUT2D eigenvalue weighted by Gasteiger charge is -2.39. The van der Waals surface area contributed by atoms with Crippen molar-refractivity contribution in [3.05, 3.63) is 42.1 Å². The molecule has 0 aliphatic carbocycles. The normalized spacial score (nSPS) is 19.6. The van der Waals surface area contributed by atoms with Crippen LogP contribution in [0, 0.1) is 5.92 Å². The Morgan fingerprint density at radius 3 is 2.57 bits per heavy atom. The Balaban J connectivity index is 1.29. The van der Waals surface area contributed by atoms with Gasteiger partial charge in [0, 0.05) is 43.9 Å². The van der Waals surface area contributed by atoms with E-state index in [1.165, 1.54) is 0 Å². The van der Waals surface area contributed by atoms with E-state index in [0.29, 0.717) is 12.6 Å². The van der Waals surface area contributed by atoms with E-state index in [2.05, 4.69) is 10.1 Å². The molecular weight excluding hydrogens is 354 g/mol. The van der Waals surface area contributed by atoms with Crippen LogP contribution in [0.3, 0.4) is 0 Å². The van der Waals surface area contributed by atoms with Gasteiger partial charge in [-0.1, -0.05) is 35.5 Å². The molecule has 2 fully saturated rings. The minimum Gasteiger partial charge on any atom is -0.381 e. The van der Waals surface area contributed by atoms with Gasteiger partial charge in [0.2, 0.25) is 5.91 Å². The van der Waals surface area contributed by atoms with Crippen LogP contribution in [-0.4, -0.2) is 60.3 Å². The Morgan fingerprint density at radius 2 is 1.86 bits per heavy atom. The zero-order valence-electron chi connectivity index (χ0n) is 16.5. The molecule has 2 aliphatic heterocycles. The van der Waals surface area contributed by atoms with Crippen molar-refractivity contribution in [1.82, 2.24) is 15.0 Å². The molecule has 1 aromatic heterocycles. The second-order valence-electron chi connectivity index (χ2n) is 7.90. The summed E-state index contributed by atoms with van der Waals surface area (Å²) >= 11 is 0. The van der Waals surface area contributed by atoms with Crippen molar-refractivity contribution in [3.8, 4) is 11.3 Å². The molecule has 1 aromatic carbocycles. The summed E-state index contributed by atoms with van der Waals surface area (Å²) in [4.78, 5) is 17.2. The van der Waals surface area contributed by atoms with Crippen LogP contribution in [0.4, 0.5) is 0 Å². The van der Waals surface area contributed by atoms with Gasteiger partial charge >= 0.3 is 0 Å². The van der Waals surface area contributed by atoms with Crippen molar-refractivity contribution in [2.45, 2.75) is 38.3 Å². The summed E-state index contributed by atoms with van der Waals surface area (Å²) in [6.07, 6.45) is 4.12. The van der Waals surface area contributed by atoms with Crippen LogP contribution in [0.15, 0.2) is 40.9 Å². The molecule has 6 heteroatoms. The first-order chi connectivity index (χ1) is 13.7. The number of likely N-dealkylation sites (tertiary alicyclic amines) is 1. The monoisotopic (exact) mass is 383 g/mol. The van der Waals surface area contributed by atoms with Gasteiger partial charge in [-0.05, 0) is 38.8 Å². The number of rotatable bonds is 5. The molecule has 150 valence electrons. The molecule has 0 bridgehead atoms. The van der Waals surface area contributed by atoms with E-state index in [1.807, 2.05) is 43.4 Å². The second-order valence-corrected chi connectivity index (χ2v) is 7.90. The van der Waals surface area contributed by atoms with Gasteiger partial charge in [0.05, 0.1) is 6.54 Å². The predicted octanol–water partition coefficient (Wildman–Crippen LogP) is 3.19. The van der Waals surface area contributed by atoms with Crippen LogP contribution in [-0.2, 0) is 16.1 Å². The fraction of sp³-hybridized carbons (Fsp3) is 0.545. The molecule has 0 radical (unpaired) electrons. The molecule has 0 unspecified atom stereocenters. The van der Waals surface area contributed by atoms with Crippen molar-refractivity contribution in [1.29, 1.82) is 0 Å². The van der Waals surface area contributed by atoms with Crippen LogP contribution >= 0.6 is 0 Å². The predicted molar refractivity (Wildman–Crippen MR) is 107 cm³/mol. The lowest BCUT2D eigenvalue weighted by Crippen LogP contribution is -2.46. The lowest BCUT2D eigenvalue weighted by molar-refractivity contribution is -0.136. The minimum absolute atomic E-state index is 0.113. The Kier molecular flexibility index (Phi) is 6.07. The first-order valence-electron chi connectivity index (χ1n) is 10.3. The fourth-order valence-electron chi connectivity index (χ4n) is 4.32. The highest BCUT2D eigenvalue weighted by Crippen LogP contribution is 2.25. The summed E-state index contributed by atoms with van der Waals surface area (Å²) in [6.45, 7) is 4.24. The number of benzene rings is 1. The van der Waals surface area contributed by atoms with E-state index in [1.54, 1.807) is 4.90 Å². The maximum Gasteiger partial charge on any atom is 0.225 e. The summed E-state index contributed by atoms with van der Waals surface area (Å²) in [5, 5.41) is 4.14. The van der Waals surface area contributed by atoms with Crippen molar-refractivity contribution in [2.75, 3.05) is 33.4 Å². The topological polar surface area (TPSA) is 58.8 Å². The number of piperidine rings is 1. The Labute approximate surface area is 166 Å². The molecular formula is C22H29N3O3. The number of carbonyl (C=O) groups excluding carboxylic acids is 1. The Morgan fingerprint density at radius 1 is 1.14 bits per heavy atom. The van der Waals surface area contributed by atoms with Gasteiger partial charge < -0.3 is 19.1 Å². The summed E-state index contributed by atoms with van der Waals surface area (Å²) in [7, 11) is 1.87. The summed E-state index contributed by atoms with van der Waals surface area (Å²) in [5.74, 6) is 1.07. The number of hydrogen-bond acceptors (Lipinski definition) is 5. The number of aromatic nitrogens is 1. The van der Waals surface area contributed by atoms with Gasteiger partial charge in [-0.2, -0.15) is 0 Å². The number of hydrogen-bond donors (Lipinski definition) is 0. The molecule has 6 nitrogen and oxygen atoms in total. The molecule has 0 saturated carbocycles. The molecule has 4 rings (SSSR count). The summed E-state index contributed by atoms with van der Waals surface area (Å²) in [6, 6.07) is 12.5. The quantitative estimate of drug-likeness (QED) is 0.794. The molecule has 0 N–H and O–H groups in total. The highest BCUT2D eigenvalue weighted by Gasteiger charge is 2.31. The maximum absolute atomic E-state index is 12.9. The third-order valence-corrected chi connectivity index (χ3v) is 5.98. The van der Waals surface area contributed by atoms with E-state index in [-0.39, 0.29) is 11.8 Å². The van der Waals surface area contributed by atoms with Crippen LogP contribution < -0.4 is 0 Å². The number of ether oxygens (including phenoxy) is 1. The third kappa shape index (κ3) is 4.45. The van der Waals surface area contributed by atoms with Crippen LogP contribution in [0.25, 0.3) is 11.3 Å². The third-order valence-electron chi connectivity index (χ3n) is 5.98. The first kappa shape index (κ1) is 19.2. The molecule has 3 heterocycles. The smallest absolute Gasteiger partial charge is 0.225 e. The van der Waals surface area contributed by atoms with Crippen molar-refractivity contribution in [2.24, 2.45) is 5.92 Å². The molecule has 2 aromatic rings. The van der Waals surface area contributed by atoms with E-state index in [0.717, 1.165) is 69.0 Å². The highest BCUT2D eigenvalue weighted by molar-refractivity contribution is 5.78. The van der Waals surface area contributed by atoms with Gasteiger partial charge in [0.25, 0.3) is 0 Å². The highest BCUT2D eigenvalue weighted by atomic mass is 16.5. The second kappa shape index (κ2) is 8.88. The molecule has 2 aliphatic rings. The summed E-state index contributed by atoms with van der Waals surface area (Å²) < 4.78 is 10.9. The van der Waals surface area contributed by atoms with Gasteiger partial charge in [-0.15, -0.1) is 0 Å². The molecule has 0 atom stereocenters. The zero-order valence-corrected chi connectivity index (χ0v) is 16.5. The first-order valence-corrected chi connectivity index (χ1v) is 10.3. The lowest BCUT2D eigenvalue weighted by atomic mass is 9.93. The molecule has 1 amide bonds. The SMILES string of the molecule is CN(Cc1cc(-c2ccccc2)on1)C(=O)C1CCN(C2CCOCC2)CC1. The maximum atomic E-state index is 12.9. The van der Waals surface area contributed by atoms with Gasteiger partial charge in [-0.3, -0.25) is 4.79 Å². The average molecular weight is 383 g/mol. The number of carbonyl (C=O) groups is 1. The fourth-order valence-corrected chi connectivity index (χ4v) is 4.32. The van der Waals surface area contributed by atoms with E-state index in [4.69, 9.17) is 9.26 Å². The Bertz CT molecular complexity index is 762. The average Bonchev–Trinajstić information content (AvgIpc) is 3.23. The molecule has 2 saturated heterocycles. The standard InChI is InChI=1S/C22H29N3O3/c1-24(16-19-15-21(28-23-19)17-5-3-2-4-6-17)22(26)18-7-11-25(12-8-18)20-9-13-27-14-10-20/h2-6,15,18,20H,7-14,16H2,1H3. The van der Waals surface area contributed by atoms with Crippen molar-refractivity contribution < 1.29 is 14.1 Å². The Hall–Kier alpha value is -2.18. The largest absolute Gasteiger partial charge is 0.381 e. The minimum atomic E-state index is 0.113. The van der Waals surface area contributed by atoms with E-state index >= 15 is 0 Å². The van der Waals surface area contributed by atoms with Gasteiger partial charge in [-0.25, -0.2) is 0 Å². The molecule has 28 heavy (non-hydrogen) atoms. The van der Waals surface area contributed by atoms with Crippen LogP contribution in [0.1, 0.15) is 31.4 Å². The van der Waals surface area contributed by atoms with Gasteiger partial charge in [0.1, 0.15) is 5.69 Å². The van der Waals surface area contributed by atoms with Crippen LogP contribution in [0.5, 0.6) is 0 Å². The van der Waals surface area contributed by atoms with Crippen molar-refractivity contribution in [3.63, 3.8) is 0 Å². The van der Waals surface area contributed by atoms with Gasteiger partial charge in [0.15, 0.2) is 5.76 Å². The zero-order chi connectivity index (χ0) is 19.3.